The number of aromatic nitrogens is 1. The standard InChI is InChI=1S/C11H20N2S2/c1-3-10(12-4-2)6-5-8-14-11-13-7-9-15-11/h7,9-10,12H,3-6,8H2,1-2H3. The summed E-state index contributed by atoms with van der Waals surface area (Å²) in [5.74, 6) is 1.19. The van der Waals surface area contributed by atoms with Crippen molar-refractivity contribution >= 4 is 23.1 Å². The summed E-state index contributed by atoms with van der Waals surface area (Å²) in [5.41, 5.74) is 0. The van der Waals surface area contributed by atoms with E-state index in [2.05, 4.69) is 24.1 Å². The van der Waals surface area contributed by atoms with Gasteiger partial charge in [-0.3, -0.25) is 0 Å². The Labute approximate surface area is 101 Å². The minimum absolute atomic E-state index is 0.701. The van der Waals surface area contributed by atoms with Crippen molar-refractivity contribution in [2.24, 2.45) is 0 Å². The molecule has 15 heavy (non-hydrogen) atoms. The van der Waals surface area contributed by atoms with Gasteiger partial charge >= 0.3 is 0 Å². The number of thioether (sulfide) groups is 1. The van der Waals surface area contributed by atoms with Crippen LogP contribution >= 0.6 is 23.1 Å². The molecule has 86 valence electrons. The zero-order chi connectivity index (χ0) is 10.9. The van der Waals surface area contributed by atoms with E-state index in [9.17, 15) is 0 Å². The van der Waals surface area contributed by atoms with Gasteiger partial charge < -0.3 is 5.32 Å². The summed E-state index contributed by atoms with van der Waals surface area (Å²) in [5, 5.41) is 5.54. The van der Waals surface area contributed by atoms with Crippen molar-refractivity contribution in [1.29, 1.82) is 0 Å². The largest absolute Gasteiger partial charge is 0.314 e. The Hall–Kier alpha value is -0.0600. The smallest absolute Gasteiger partial charge is 0.149 e. The molecular weight excluding hydrogens is 224 g/mol. The number of hydrogen-bond donors (Lipinski definition) is 1. The zero-order valence-electron chi connectivity index (χ0n) is 9.53. The van der Waals surface area contributed by atoms with E-state index in [1.54, 1.807) is 11.3 Å². The molecule has 0 radical (unpaired) electrons. The molecular formula is C11H20N2S2. The summed E-state index contributed by atoms with van der Waals surface area (Å²) >= 11 is 3.61. The van der Waals surface area contributed by atoms with Crippen LogP contribution in [0.3, 0.4) is 0 Å². The highest BCUT2D eigenvalue weighted by molar-refractivity contribution is 8.00. The van der Waals surface area contributed by atoms with Crippen molar-refractivity contribution in [3.63, 3.8) is 0 Å². The lowest BCUT2D eigenvalue weighted by Crippen LogP contribution is -2.27. The number of thiazole rings is 1. The number of rotatable bonds is 8. The number of nitrogens with zero attached hydrogens (tertiary/aromatic N) is 1. The van der Waals surface area contributed by atoms with Crippen LogP contribution in [0.2, 0.25) is 0 Å². The molecule has 0 spiro atoms. The Balaban J connectivity index is 2.05. The molecule has 4 heteroatoms. The summed E-state index contributed by atoms with van der Waals surface area (Å²) in [6, 6.07) is 0.701. The number of nitrogens with one attached hydrogen (secondary N) is 1. The molecule has 0 aliphatic carbocycles. The van der Waals surface area contributed by atoms with Crippen molar-refractivity contribution in [2.75, 3.05) is 12.3 Å². The van der Waals surface area contributed by atoms with Gasteiger partial charge in [-0.05, 0) is 25.8 Å². The second kappa shape index (κ2) is 8.13. The molecule has 0 aromatic carbocycles. The molecule has 0 aliphatic rings. The minimum Gasteiger partial charge on any atom is -0.314 e. The predicted molar refractivity (Wildman–Crippen MR) is 69.8 cm³/mol. The van der Waals surface area contributed by atoms with Crippen molar-refractivity contribution < 1.29 is 0 Å². The molecule has 1 aromatic heterocycles. The third kappa shape index (κ3) is 5.54. The van der Waals surface area contributed by atoms with Crippen LogP contribution in [-0.4, -0.2) is 23.3 Å². The first-order chi connectivity index (χ1) is 7.36. The molecule has 2 nitrogen and oxygen atoms in total. The Bertz CT molecular complexity index is 237. The molecule has 0 fully saturated rings. The fourth-order valence-corrected chi connectivity index (χ4v) is 3.18. The molecule has 1 rings (SSSR count). The Morgan fingerprint density at radius 2 is 2.40 bits per heavy atom. The Morgan fingerprint density at radius 1 is 1.53 bits per heavy atom. The first-order valence-corrected chi connectivity index (χ1v) is 7.49. The zero-order valence-corrected chi connectivity index (χ0v) is 11.2. The van der Waals surface area contributed by atoms with Gasteiger partial charge in [-0.15, -0.1) is 11.3 Å². The molecule has 1 atom stereocenters. The molecule has 1 heterocycles. The maximum absolute atomic E-state index is 4.26. The third-order valence-corrected chi connectivity index (χ3v) is 4.37. The second-order valence-corrected chi connectivity index (χ2v) is 5.69. The van der Waals surface area contributed by atoms with Gasteiger partial charge in [-0.2, -0.15) is 0 Å². The van der Waals surface area contributed by atoms with Gasteiger partial charge in [0.25, 0.3) is 0 Å². The third-order valence-electron chi connectivity index (χ3n) is 2.32. The Kier molecular flexibility index (Phi) is 7.05. The van der Waals surface area contributed by atoms with Crippen LogP contribution in [-0.2, 0) is 0 Å². The van der Waals surface area contributed by atoms with Gasteiger partial charge in [-0.1, -0.05) is 25.6 Å². The molecule has 1 unspecified atom stereocenters. The van der Waals surface area contributed by atoms with Crippen LogP contribution < -0.4 is 5.32 Å². The molecule has 0 amide bonds. The van der Waals surface area contributed by atoms with Gasteiger partial charge in [0.1, 0.15) is 4.34 Å². The maximum atomic E-state index is 4.26. The highest BCUT2D eigenvalue weighted by Gasteiger charge is 2.04. The number of hydrogen-bond acceptors (Lipinski definition) is 4. The van der Waals surface area contributed by atoms with Crippen LogP contribution in [0.5, 0.6) is 0 Å². The van der Waals surface area contributed by atoms with Crippen LogP contribution in [0.25, 0.3) is 0 Å². The van der Waals surface area contributed by atoms with Gasteiger partial charge in [0.15, 0.2) is 0 Å². The van der Waals surface area contributed by atoms with Crippen LogP contribution in [0.4, 0.5) is 0 Å². The molecule has 0 saturated carbocycles. The van der Waals surface area contributed by atoms with Gasteiger partial charge in [0.2, 0.25) is 0 Å². The van der Waals surface area contributed by atoms with E-state index in [1.165, 1.54) is 29.4 Å². The lowest BCUT2D eigenvalue weighted by Gasteiger charge is -2.14. The van der Waals surface area contributed by atoms with Crippen LogP contribution in [0.1, 0.15) is 33.1 Å². The first-order valence-electron chi connectivity index (χ1n) is 5.62. The minimum atomic E-state index is 0.701. The predicted octanol–water partition coefficient (Wildman–Crippen LogP) is 3.40. The fraction of sp³-hybridized carbons (Fsp3) is 0.727. The van der Waals surface area contributed by atoms with Crippen molar-refractivity contribution in [3.8, 4) is 0 Å². The van der Waals surface area contributed by atoms with Gasteiger partial charge in [0, 0.05) is 23.4 Å². The summed E-state index contributed by atoms with van der Waals surface area (Å²) < 4.78 is 1.20. The highest BCUT2D eigenvalue weighted by Crippen LogP contribution is 2.21. The van der Waals surface area contributed by atoms with Crippen molar-refractivity contribution in [1.82, 2.24) is 10.3 Å². The molecule has 0 saturated heterocycles. The van der Waals surface area contributed by atoms with E-state index >= 15 is 0 Å². The van der Waals surface area contributed by atoms with E-state index in [4.69, 9.17) is 0 Å². The van der Waals surface area contributed by atoms with Crippen LogP contribution in [0, 0.1) is 0 Å². The summed E-state index contributed by atoms with van der Waals surface area (Å²) in [6.45, 7) is 5.51. The van der Waals surface area contributed by atoms with E-state index in [0.29, 0.717) is 6.04 Å². The molecule has 0 aliphatic heterocycles. The van der Waals surface area contributed by atoms with Crippen LogP contribution in [0.15, 0.2) is 15.9 Å². The lowest BCUT2D eigenvalue weighted by atomic mass is 10.1. The normalized spacial score (nSPS) is 12.9. The van der Waals surface area contributed by atoms with Crippen molar-refractivity contribution in [3.05, 3.63) is 11.6 Å². The van der Waals surface area contributed by atoms with Gasteiger partial charge in [-0.25, -0.2) is 4.98 Å². The topological polar surface area (TPSA) is 24.9 Å². The fourth-order valence-electron chi connectivity index (χ4n) is 1.51. The summed E-state index contributed by atoms with van der Waals surface area (Å²) in [7, 11) is 0. The van der Waals surface area contributed by atoms with E-state index < -0.39 is 0 Å². The van der Waals surface area contributed by atoms with E-state index in [1.807, 2.05) is 23.3 Å². The summed E-state index contributed by atoms with van der Waals surface area (Å²) in [6.07, 6.45) is 5.66. The maximum Gasteiger partial charge on any atom is 0.149 e. The SMILES string of the molecule is CCNC(CC)CCCSc1nccs1. The first kappa shape index (κ1) is 13.0. The monoisotopic (exact) mass is 244 g/mol. The van der Waals surface area contributed by atoms with Crippen molar-refractivity contribution in [2.45, 2.75) is 43.5 Å². The summed E-state index contributed by atoms with van der Waals surface area (Å²) in [4.78, 5) is 4.26. The highest BCUT2D eigenvalue weighted by atomic mass is 32.2. The average Bonchev–Trinajstić information content (AvgIpc) is 2.75. The second-order valence-electron chi connectivity index (χ2n) is 3.45. The van der Waals surface area contributed by atoms with E-state index in [0.717, 1.165) is 6.54 Å². The lowest BCUT2D eigenvalue weighted by molar-refractivity contribution is 0.477. The van der Waals surface area contributed by atoms with Gasteiger partial charge in [0.05, 0.1) is 0 Å². The van der Waals surface area contributed by atoms with E-state index in [-0.39, 0.29) is 0 Å². The molecule has 0 bridgehead atoms. The molecule has 1 aromatic rings. The average molecular weight is 244 g/mol. The molecule has 1 N–H and O–H groups in total. The Morgan fingerprint density at radius 3 is 3.00 bits per heavy atom. The quantitative estimate of drug-likeness (QED) is 0.560.